The number of hydrogen-bond donors (Lipinski definition) is 1. The van der Waals surface area contributed by atoms with Crippen molar-refractivity contribution in [3.05, 3.63) is 0 Å². The molecule has 0 saturated carbocycles. The predicted octanol–water partition coefficient (Wildman–Crippen LogP) is 0.822. The highest BCUT2D eigenvalue weighted by atomic mass is 16.7. The number of ether oxygens (including phenoxy) is 2. The van der Waals surface area contributed by atoms with Crippen molar-refractivity contribution in [2.24, 2.45) is 0 Å². The molecule has 2 heterocycles. The number of nitrogens with zero attached hydrogens (tertiary/aromatic N) is 1. The lowest BCUT2D eigenvalue weighted by atomic mass is 9.99. The Labute approximate surface area is 98.3 Å². The fourth-order valence-electron chi connectivity index (χ4n) is 2.44. The number of nitrogens with one attached hydrogen (secondary N) is 1. The Bertz CT molecular complexity index is 207. The first-order valence-corrected chi connectivity index (χ1v) is 6.38. The summed E-state index contributed by atoms with van der Waals surface area (Å²) in [6, 6.07) is 1.36. The second-order valence-electron chi connectivity index (χ2n) is 5.06. The first-order valence-electron chi connectivity index (χ1n) is 6.38. The Kier molecular flexibility index (Phi) is 4.58. The zero-order chi connectivity index (χ0) is 11.4. The molecule has 4 heteroatoms. The van der Waals surface area contributed by atoms with Crippen LogP contribution in [-0.4, -0.2) is 56.6 Å². The summed E-state index contributed by atoms with van der Waals surface area (Å²) in [6.45, 7) is 5.79. The lowest BCUT2D eigenvalue weighted by Gasteiger charge is -2.36. The first kappa shape index (κ1) is 12.3. The molecular weight excluding hydrogens is 204 g/mol. The monoisotopic (exact) mass is 228 g/mol. The maximum Gasteiger partial charge on any atom is 0.147 e. The van der Waals surface area contributed by atoms with Crippen LogP contribution in [0, 0.1) is 0 Å². The van der Waals surface area contributed by atoms with E-state index in [1.807, 2.05) is 0 Å². The molecule has 4 nitrogen and oxygen atoms in total. The molecule has 3 atom stereocenters. The normalized spacial score (nSPS) is 37.5. The Morgan fingerprint density at radius 1 is 1.38 bits per heavy atom. The average molecular weight is 228 g/mol. The molecule has 3 unspecified atom stereocenters. The van der Waals surface area contributed by atoms with Gasteiger partial charge in [-0.15, -0.1) is 0 Å². The van der Waals surface area contributed by atoms with E-state index >= 15 is 0 Å². The Balaban J connectivity index is 1.65. The minimum absolute atomic E-state index is 0.351. The molecule has 94 valence electrons. The van der Waals surface area contributed by atoms with E-state index in [0.29, 0.717) is 25.0 Å². The van der Waals surface area contributed by atoms with Gasteiger partial charge in [-0.3, -0.25) is 0 Å². The third-order valence-corrected chi connectivity index (χ3v) is 3.81. The third kappa shape index (κ3) is 3.42. The van der Waals surface area contributed by atoms with Crippen molar-refractivity contribution in [1.82, 2.24) is 10.2 Å². The van der Waals surface area contributed by atoms with Gasteiger partial charge in [0.05, 0.1) is 12.7 Å². The van der Waals surface area contributed by atoms with Crippen LogP contribution >= 0.6 is 0 Å². The van der Waals surface area contributed by atoms with Crippen LogP contribution in [0.4, 0.5) is 0 Å². The third-order valence-electron chi connectivity index (χ3n) is 3.81. The summed E-state index contributed by atoms with van der Waals surface area (Å²) in [5.74, 6) is 0. The highest BCUT2D eigenvalue weighted by Gasteiger charge is 2.23. The van der Waals surface area contributed by atoms with Crippen molar-refractivity contribution >= 4 is 0 Å². The molecule has 0 spiro atoms. The maximum absolute atomic E-state index is 5.52. The van der Waals surface area contributed by atoms with Crippen molar-refractivity contribution in [2.45, 2.75) is 44.4 Å². The largest absolute Gasteiger partial charge is 0.355 e. The summed E-state index contributed by atoms with van der Waals surface area (Å²) in [4.78, 5) is 2.43. The van der Waals surface area contributed by atoms with Crippen LogP contribution in [0.3, 0.4) is 0 Å². The summed E-state index contributed by atoms with van der Waals surface area (Å²) < 4.78 is 10.7. The van der Waals surface area contributed by atoms with Crippen molar-refractivity contribution in [2.75, 3.05) is 33.5 Å². The number of hydrogen-bond acceptors (Lipinski definition) is 4. The Morgan fingerprint density at radius 3 is 2.94 bits per heavy atom. The highest BCUT2D eigenvalue weighted by molar-refractivity contribution is 4.82. The zero-order valence-corrected chi connectivity index (χ0v) is 10.4. The van der Waals surface area contributed by atoms with E-state index in [1.54, 1.807) is 0 Å². The summed E-state index contributed by atoms with van der Waals surface area (Å²) in [6.07, 6.45) is 3.88. The van der Waals surface area contributed by atoms with Gasteiger partial charge in [0.25, 0.3) is 0 Å². The van der Waals surface area contributed by atoms with Crippen LogP contribution in [0.15, 0.2) is 0 Å². The molecule has 0 radical (unpaired) electrons. The Morgan fingerprint density at radius 2 is 2.25 bits per heavy atom. The lowest BCUT2D eigenvalue weighted by Crippen LogP contribution is -2.48. The van der Waals surface area contributed by atoms with Gasteiger partial charge < -0.3 is 19.7 Å². The van der Waals surface area contributed by atoms with Crippen LogP contribution < -0.4 is 5.32 Å². The zero-order valence-electron chi connectivity index (χ0n) is 10.4. The van der Waals surface area contributed by atoms with Crippen LogP contribution in [0.25, 0.3) is 0 Å². The van der Waals surface area contributed by atoms with Gasteiger partial charge >= 0.3 is 0 Å². The molecule has 0 amide bonds. The van der Waals surface area contributed by atoms with Gasteiger partial charge in [-0.05, 0) is 39.8 Å². The van der Waals surface area contributed by atoms with Gasteiger partial charge in [0.1, 0.15) is 6.79 Å². The van der Waals surface area contributed by atoms with Crippen molar-refractivity contribution in [3.8, 4) is 0 Å². The van der Waals surface area contributed by atoms with E-state index < -0.39 is 0 Å². The SMILES string of the molecule is CC1CC(NCC2CCOCO2)CCN1C. The van der Waals surface area contributed by atoms with Crippen molar-refractivity contribution in [1.29, 1.82) is 0 Å². The second kappa shape index (κ2) is 5.96. The van der Waals surface area contributed by atoms with Crippen LogP contribution in [-0.2, 0) is 9.47 Å². The minimum Gasteiger partial charge on any atom is -0.355 e. The molecule has 0 aromatic carbocycles. The van der Waals surface area contributed by atoms with E-state index in [-0.39, 0.29) is 0 Å². The molecule has 2 saturated heterocycles. The maximum atomic E-state index is 5.52. The standard InChI is InChI=1S/C12H24N2O2/c1-10-7-11(3-5-14(10)2)13-8-12-4-6-15-9-16-12/h10-13H,3-9H2,1-2H3. The van der Waals surface area contributed by atoms with Gasteiger partial charge in [-0.1, -0.05) is 0 Å². The lowest BCUT2D eigenvalue weighted by molar-refractivity contribution is -0.137. The number of piperidine rings is 1. The summed E-state index contributed by atoms with van der Waals surface area (Å²) in [5, 5.41) is 3.64. The van der Waals surface area contributed by atoms with Crippen LogP contribution in [0.5, 0.6) is 0 Å². The molecule has 0 aromatic rings. The predicted molar refractivity (Wildman–Crippen MR) is 63.4 cm³/mol. The van der Waals surface area contributed by atoms with Gasteiger partial charge in [-0.2, -0.15) is 0 Å². The average Bonchev–Trinajstić information content (AvgIpc) is 2.32. The number of likely N-dealkylation sites (tertiary alicyclic amines) is 1. The quantitative estimate of drug-likeness (QED) is 0.775. The molecule has 2 fully saturated rings. The highest BCUT2D eigenvalue weighted by Crippen LogP contribution is 2.15. The van der Waals surface area contributed by atoms with Gasteiger partial charge in [-0.25, -0.2) is 0 Å². The molecule has 0 bridgehead atoms. The fraction of sp³-hybridized carbons (Fsp3) is 1.00. The van der Waals surface area contributed by atoms with E-state index in [1.165, 1.54) is 19.4 Å². The van der Waals surface area contributed by atoms with Crippen LogP contribution in [0.1, 0.15) is 26.2 Å². The van der Waals surface area contributed by atoms with Crippen molar-refractivity contribution in [3.63, 3.8) is 0 Å². The van der Waals surface area contributed by atoms with E-state index in [4.69, 9.17) is 9.47 Å². The second-order valence-corrected chi connectivity index (χ2v) is 5.06. The first-order chi connectivity index (χ1) is 7.75. The van der Waals surface area contributed by atoms with E-state index in [2.05, 4.69) is 24.2 Å². The molecule has 16 heavy (non-hydrogen) atoms. The fourth-order valence-corrected chi connectivity index (χ4v) is 2.44. The summed E-state index contributed by atoms with van der Waals surface area (Å²) in [7, 11) is 2.21. The van der Waals surface area contributed by atoms with E-state index in [0.717, 1.165) is 19.6 Å². The minimum atomic E-state index is 0.351. The van der Waals surface area contributed by atoms with Gasteiger partial charge in [0.2, 0.25) is 0 Å². The molecule has 2 rings (SSSR count). The van der Waals surface area contributed by atoms with Crippen molar-refractivity contribution < 1.29 is 9.47 Å². The summed E-state index contributed by atoms with van der Waals surface area (Å²) in [5.41, 5.74) is 0. The topological polar surface area (TPSA) is 33.7 Å². The molecule has 0 aromatic heterocycles. The molecule has 0 aliphatic carbocycles. The molecule has 2 aliphatic rings. The molecule has 1 N–H and O–H groups in total. The van der Waals surface area contributed by atoms with E-state index in [9.17, 15) is 0 Å². The summed E-state index contributed by atoms with van der Waals surface area (Å²) >= 11 is 0. The van der Waals surface area contributed by atoms with Crippen LogP contribution in [0.2, 0.25) is 0 Å². The molecule has 2 aliphatic heterocycles. The van der Waals surface area contributed by atoms with Gasteiger partial charge in [0, 0.05) is 18.6 Å². The smallest absolute Gasteiger partial charge is 0.147 e. The molecular formula is C12H24N2O2. The van der Waals surface area contributed by atoms with Gasteiger partial charge in [0.15, 0.2) is 0 Å². The number of rotatable bonds is 3. The Hall–Kier alpha value is -0.160.